The zero-order valence-electron chi connectivity index (χ0n) is 12.5. The number of rotatable bonds is 1. The first-order valence-electron chi connectivity index (χ1n) is 7.86. The van der Waals surface area contributed by atoms with E-state index >= 15 is 0 Å². The van der Waals surface area contributed by atoms with Gasteiger partial charge in [0, 0.05) is 25.7 Å². The van der Waals surface area contributed by atoms with Crippen LogP contribution in [0.3, 0.4) is 0 Å². The van der Waals surface area contributed by atoms with Gasteiger partial charge in [0.2, 0.25) is 0 Å². The summed E-state index contributed by atoms with van der Waals surface area (Å²) in [6.45, 7) is 6.69. The Bertz CT molecular complexity index is 666. The van der Waals surface area contributed by atoms with Gasteiger partial charge in [0.15, 0.2) is 0 Å². The van der Waals surface area contributed by atoms with E-state index in [1.54, 1.807) is 11.3 Å². The first kappa shape index (κ1) is 13.3. The summed E-state index contributed by atoms with van der Waals surface area (Å²) >= 11 is 1.72. The van der Waals surface area contributed by atoms with Crippen LogP contribution in [-0.4, -0.2) is 42.1 Å². The molecule has 0 amide bonds. The van der Waals surface area contributed by atoms with Gasteiger partial charge in [-0.15, -0.1) is 11.3 Å². The Morgan fingerprint density at radius 2 is 2.14 bits per heavy atom. The molecule has 0 bridgehead atoms. The van der Waals surface area contributed by atoms with Gasteiger partial charge < -0.3 is 10.6 Å². The van der Waals surface area contributed by atoms with E-state index in [0.717, 1.165) is 35.8 Å². The van der Waals surface area contributed by atoms with E-state index in [4.69, 9.17) is 5.73 Å². The molecule has 2 N–H and O–H groups in total. The quantitative estimate of drug-likeness (QED) is 0.823. The molecule has 112 valence electrons. The predicted octanol–water partition coefficient (Wildman–Crippen LogP) is 2.86. The number of nitrogens with zero attached hydrogens (tertiary/aromatic N) is 3. The largest absolute Gasteiger partial charge is 0.397 e. The highest BCUT2D eigenvalue weighted by atomic mass is 32.1. The lowest BCUT2D eigenvalue weighted by atomic mass is 9.99. The van der Waals surface area contributed by atoms with Gasteiger partial charge in [-0.1, -0.05) is 6.42 Å². The minimum absolute atomic E-state index is 0.708. The van der Waals surface area contributed by atoms with Crippen LogP contribution in [0.1, 0.15) is 24.3 Å². The summed E-state index contributed by atoms with van der Waals surface area (Å²) in [5.74, 6) is 0. The van der Waals surface area contributed by atoms with Crippen LogP contribution in [0, 0.1) is 6.92 Å². The highest BCUT2D eigenvalue weighted by molar-refractivity contribution is 7.18. The van der Waals surface area contributed by atoms with Gasteiger partial charge in [-0.2, -0.15) is 0 Å². The normalized spacial score (nSPS) is 23.5. The van der Waals surface area contributed by atoms with Crippen LogP contribution in [0.5, 0.6) is 0 Å². The fourth-order valence-corrected chi connectivity index (χ4v) is 4.60. The van der Waals surface area contributed by atoms with Crippen LogP contribution in [0.2, 0.25) is 0 Å². The molecule has 1 aromatic carbocycles. The number of piperidine rings is 1. The number of fused-ring (bicyclic) bond motifs is 2. The van der Waals surface area contributed by atoms with Crippen molar-refractivity contribution in [2.75, 3.05) is 36.8 Å². The average molecular weight is 302 g/mol. The Morgan fingerprint density at radius 3 is 3.05 bits per heavy atom. The number of hydrogen-bond acceptors (Lipinski definition) is 5. The van der Waals surface area contributed by atoms with Crippen LogP contribution >= 0.6 is 11.3 Å². The molecule has 1 atom stereocenters. The minimum atomic E-state index is 0.708. The van der Waals surface area contributed by atoms with Crippen molar-refractivity contribution in [3.8, 4) is 0 Å². The summed E-state index contributed by atoms with van der Waals surface area (Å²) in [5.41, 5.74) is 9.49. The van der Waals surface area contributed by atoms with Crippen molar-refractivity contribution in [1.82, 2.24) is 9.88 Å². The zero-order valence-corrected chi connectivity index (χ0v) is 13.3. The van der Waals surface area contributed by atoms with Crippen LogP contribution in [-0.2, 0) is 0 Å². The summed E-state index contributed by atoms with van der Waals surface area (Å²) in [4.78, 5) is 9.74. The van der Waals surface area contributed by atoms with Gasteiger partial charge in [-0.05, 0) is 38.4 Å². The topological polar surface area (TPSA) is 45.4 Å². The molecule has 4 nitrogen and oxygen atoms in total. The Morgan fingerprint density at radius 1 is 1.24 bits per heavy atom. The zero-order chi connectivity index (χ0) is 14.4. The number of nitrogen functional groups attached to an aromatic ring is 1. The van der Waals surface area contributed by atoms with E-state index in [0.29, 0.717) is 6.04 Å². The maximum atomic E-state index is 6.32. The molecule has 0 saturated carbocycles. The molecule has 2 aromatic rings. The van der Waals surface area contributed by atoms with Crippen molar-refractivity contribution in [2.45, 2.75) is 32.2 Å². The monoisotopic (exact) mass is 302 g/mol. The predicted molar refractivity (Wildman–Crippen MR) is 90.2 cm³/mol. The second-order valence-electron chi connectivity index (χ2n) is 6.24. The highest BCUT2D eigenvalue weighted by Crippen LogP contribution is 2.34. The first-order chi connectivity index (χ1) is 10.2. The van der Waals surface area contributed by atoms with Crippen molar-refractivity contribution in [1.29, 1.82) is 0 Å². The Hall–Kier alpha value is -1.33. The van der Waals surface area contributed by atoms with E-state index in [1.807, 2.05) is 0 Å². The van der Waals surface area contributed by atoms with Crippen LogP contribution in [0.25, 0.3) is 10.2 Å². The van der Waals surface area contributed by atoms with E-state index in [9.17, 15) is 0 Å². The number of aryl methyl sites for hydroxylation is 1. The number of thiazole rings is 1. The Kier molecular flexibility index (Phi) is 3.27. The van der Waals surface area contributed by atoms with Crippen molar-refractivity contribution in [2.24, 2.45) is 0 Å². The second kappa shape index (κ2) is 5.14. The third-order valence-electron chi connectivity index (χ3n) is 4.82. The molecule has 2 aliphatic heterocycles. The summed E-state index contributed by atoms with van der Waals surface area (Å²) in [6, 6.07) is 5.00. The maximum Gasteiger partial charge on any atom is 0.0907 e. The number of piperazine rings is 1. The lowest BCUT2D eigenvalue weighted by Crippen LogP contribution is -2.55. The first-order valence-corrected chi connectivity index (χ1v) is 8.68. The summed E-state index contributed by atoms with van der Waals surface area (Å²) < 4.78 is 1.20. The van der Waals surface area contributed by atoms with Gasteiger partial charge in [-0.3, -0.25) is 4.90 Å². The molecule has 0 spiro atoms. The molecule has 2 fully saturated rings. The average Bonchev–Trinajstić information content (AvgIpc) is 2.85. The number of aromatic nitrogens is 1. The molecule has 21 heavy (non-hydrogen) atoms. The third kappa shape index (κ3) is 2.38. The van der Waals surface area contributed by atoms with Crippen LogP contribution in [0.4, 0.5) is 11.4 Å². The third-order valence-corrected chi connectivity index (χ3v) is 5.76. The molecule has 1 unspecified atom stereocenters. The number of anilines is 2. The molecule has 1 aromatic heterocycles. The van der Waals surface area contributed by atoms with Crippen molar-refractivity contribution >= 4 is 32.9 Å². The molecule has 0 radical (unpaired) electrons. The van der Waals surface area contributed by atoms with E-state index in [-0.39, 0.29) is 0 Å². The van der Waals surface area contributed by atoms with Gasteiger partial charge in [0.05, 0.1) is 26.6 Å². The van der Waals surface area contributed by atoms with Gasteiger partial charge >= 0.3 is 0 Å². The number of benzene rings is 1. The Balaban J connectivity index is 1.64. The van der Waals surface area contributed by atoms with Crippen molar-refractivity contribution < 1.29 is 0 Å². The second-order valence-corrected chi connectivity index (χ2v) is 7.48. The summed E-state index contributed by atoms with van der Waals surface area (Å²) in [6.07, 6.45) is 4.06. The molecule has 0 aliphatic carbocycles. The smallest absolute Gasteiger partial charge is 0.0907 e. The van der Waals surface area contributed by atoms with E-state index < -0.39 is 0 Å². The fourth-order valence-electron chi connectivity index (χ4n) is 3.74. The van der Waals surface area contributed by atoms with Crippen LogP contribution < -0.4 is 10.6 Å². The van der Waals surface area contributed by atoms with Gasteiger partial charge in [0.25, 0.3) is 0 Å². The fraction of sp³-hybridized carbons (Fsp3) is 0.562. The standard InChI is InChI=1S/C16H22N4S/c1-11-18-14-9-15(13(17)8-16(14)21-11)20-7-6-19-5-3-2-4-12(19)10-20/h8-9,12H,2-7,10,17H2,1H3. The molecule has 5 heteroatoms. The van der Waals surface area contributed by atoms with Gasteiger partial charge in [0.1, 0.15) is 0 Å². The van der Waals surface area contributed by atoms with E-state index in [2.05, 4.69) is 33.8 Å². The number of nitrogens with two attached hydrogens (primary N) is 1. The molecule has 2 saturated heterocycles. The molecular weight excluding hydrogens is 280 g/mol. The molecular formula is C16H22N4S. The molecule has 4 rings (SSSR count). The SMILES string of the molecule is Cc1nc2cc(N3CCN4CCCCC4C3)c(N)cc2s1. The van der Waals surface area contributed by atoms with E-state index in [1.165, 1.54) is 36.2 Å². The Labute approximate surface area is 129 Å². The van der Waals surface area contributed by atoms with Crippen molar-refractivity contribution in [3.05, 3.63) is 17.1 Å². The number of hydrogen-bond donors (Lipinski definition) is 1. The van der Waals surface area contributed by atoms with Crippen LogP contribution in [0.15, 0.2) is 12.1 Å². The lowest BCUT2D eigenvalue weighted by molar-refractivity contribution is 0.133. The van der Waals surface area contributed by atoms with Crippen molar-refractivity contribution in [3.63, 3.8) is 0 Å². The highest BCUT2D eigenvalue weighted by Gasteiger charge is 2.29. The molecule has 3 heterocycles. The summed E-state index contributed by atoms with van der Waals surface area (Å²) in [5, 5.41) is 1.11. The maximum absolute atomic E-state index is 6.32. The molecule has 2 aliphatic rings. The lowest BCUT2D eigenvalue weighted by Gasteiger charge is -2.45. The summed E-state index contributed by atoms with van der Waals surface area (Å²) in [7, 11) is 0. The minimum Gasteiger partial charge on any atom is -0.397 e. The van der Waals surface area contributed by atoms with Gasteiger partial charge in [-0.25, -0.2) is 4.98 Å².